The molecule has 1 aliphatic heterocycles. The van der Waals surface area contributed by atoms with Crippen molar-refractivity contribution in [3.63, 3.8) is 0 Å². The Kier molecular flexibility index (Phi) is 8.11. The second kappa shape index (κ2) is 9.32. The summed E-state index contributed by atoms with van der Waals surface area (Å²) >= 11 is 0. The van der Waals surface area contributed by atoms with Crippen molar-refractivity contribution >= 4 is 5.91 Å². The highest BCUT2D eigenvalue weighted by Crippen LogP contribution is 2.18. The Morgan fingerprint density at radius 2 is 2.05 bits per heavy atom. The van der Waals surface area contributed by atoms with Crippen molar-refractivity contribution in [2.24, 2.45) is 23.5 Å². The first-order valence-corrected chi connectivity index (χ1v) is 7.76. The van der Waals surface area contributed by atoms with Crippen molar-refractivity contribution in [3.05, 3.63) is 0 Å². The number of carbonyl (C=O) groups is 1. The zero-order valence-electron chi connectivity index (χ0n) is 12.8. The molecule has 0 spiro atoms. The first-order valence-electron chi connectivity index (χ1n) is 7.76. The highest BCUT2D eigenvalue weighted by molar-refractivity contribution is 5.81. The minimum atomic E-state index is -0.437. The van der Waals surface area contributed by atoms with Crippen LogP contribution < -0.4 is 11.1 Å². The van der Waals surface area contributed by atoms with E-state index in [0.717, 1.165) is 25.7 Å². The van der Waals surface area contributed by atoms with Crippen molar-refractivity contribution in [2.45, 2.75) is 45.6 Å². The van der Waals surface area contributed by atoms with Crippen LogP contribution >= 0.6 is 0 Å². The van der Waals surface area contributed by atoms with E-state index in [1.165, 1.54) is 0 Å². The summed E-state index contributed by atoms with van der Waals surface area (Å²) in [5.74, 6) is 1.05. The summed E-state index contributed by atoms with van der Waals surface area (Å²) in [6.45, 7) is 6.48. The Morgan fingerprint density at radius 3 is 2.60 bits per heavy atom. The highest BCUT2D eigenvalue weighted by Gasteiger charge is 2.26. The Bertz CT molecular complexity index is 278. The van der Waals surface area contributed by atoms with Gasteiger partial charge in [-0.15, -0.1) is 0 Å². The van der Waals surface area contributed by atoms with Crippen molar-refractivity contribution < 1.29 is 14.6 Å². The van der Waals surface area contributed by atoms with E-state index in [0.29, 0.717) is 31.6 Å². The van der Waals surface area contributed by atoms with E-state index in [4.69, 9.17) is 15.6 Å². The molecule has 2 unspecified atom stereocenters. The standard InChI is InChI=1S/C15H30N2O3/c1-11(2)9-12(3-6-18)10-17-15(19)14(16)13-4-7-20-8-5-13/h11-14,18H,3-10,16H2,1-2H3,(H,17,19). The fourth-order valence-electron chi connectivity index (χ4n) is 2.80. The number of ether oxygens (including phenoxy) is 1. The molecule has 5 nitrogen and oxygen atoms in total. The van der Waals surface area contributed by atoms with Crippen LogP contribution in [0.2, 0.25) is 0 Å². The second-order valence-corrected chi connectivity index (χ2v) is 6.23. The summed E-state index contributed by atoms with van der Waals surface area (Å²) in [6, 6.07) is -0.437. The van der Waals surface area contributed by atoms with Crippen LogP contribution in [0.3, 0.4) is 0 Å². The largest absolute Gasteiger partial charge is 0.396 e. The molecule has 1 saturated heterocycles. The Balaban J connectivity index is 2.35. The van der Waals surface area contributed by atoms with E-state index in [2.05, 4.69) is 19.2 Å². The van der Waals surface area contributed by atoms with Gasteiger partial charge in [0.15, 0.2) is 0 Å². The van der Waals surface area contributed by atoms with Crippen molar-refractivity contribution in [1.82, 2.24) is 5.32 Å². The lowest BCUT2D eigenvalue weighted by Gasteiger charge is -2.27. The maximum absolute atomic E-state index is 12.1. The van der Waals surface area contributed by atoms with Crippen molar-refractivity contribution in [2.75, 3.05) is 26.4 Å². The first kappa shape index (κ1) is 17.4. The third-order valence-corrected chi connectivity index (χ3v) is 3.98. The molecule has 1 fully saturated rings. The zero-order chi connectivity index (χ0) is 15.0. The summed E-state index contributed by atoms with van der Waals surface area (Å²) < 4.78 is 5.29. The lowest BCUT2D eigenvalue weighted by molar-refractivity contribution is -0.124. The minimum Gasteiger partial charge on any atom is -0.396 e. The number of aliphatic hydroxyl groups excluding tert-OH is 1. The highest BCUT2D eigenvalue weighted by atomic mass is 16.5. The number of hydrogen-bond donors (Lipinski definition) is 3. The zero-order valence-corrected chi connectivity index (χ0v) is 12.8. The first-order chi connectivity index (χ1) is 9.54. The van der Waals surface area contributed by atoms with Crippen LogP contribution in [0.1, 0.15) is 39.5 Å². The van der Waals surface area contributed by atoms with E-state index in [1.54, 1.807) is 0 Å². The summed E-state index contributed by atoms with van der Waals surface area (Å²) in [4.78, 5) is 12.1. The summed E-state index contributed by atoms with van der Waals surface area (Å²) in [5, 5.41) is 12.0. The number of aliphatic hydroxyl groups is 1. The minimum absolute atomic E-state index is 0.0661. The van der Waals surface area contributed by atoms with Gasteiger partial charge in [-0.2, -0.15) is 0 Å². The van der Waals surface area contributed by atoms with Crippen LogP contribution in [0.4, 0.5) is 0 Å². The number of nitrogens with one attached hydrogen (secondary N) is 1. The maximum atomic E-state index is 12.1. The van der Waals surface area contributed by atoms with Gasteiger partial charge in [0.25, 0.3) is 0 Å². The molecule has 0 aromatic rings. The SMILES string of the molecule is CC(C)CC(CCO)CNC(=O)C(N)C1CCOCC1. The van der Waals surface area contributed by atoms with E-state index in [9.17, 15) is 4.79 Å². The van der Waals surface area contributed by atoms with Gasteiger partial charge in [0.1, 0.15) is 0 Å². The van der Waals surface area contributed by atoms with E-state index in [-0.39, 0.29) is 18.4 Å². The van der Waals surface area contributed by atoms with E-state index in [1.807, 2.05) is 0 Å². The van der Waals surface area contributed by atoms with Gasteiger partial charge in [-0.3, -0.25) is 4.79 Å². The number of hydrogen-bond acceptors (Lipinski definition) is 4. The van der Waals surface area contributed by atoms with Gasteiger partial charge in [-0.1, -0.05) is 13.8 Å². The quantitative estimate of drug-likeness (QED) is 0.619. The van der Waals surface area contributed by atoms with Crippen LogP contribution in [-0.2, 0) is 9.53 Å². The van der Waals surface area contributed by atoms with Crippen molar-refractivity contribution in [3.8, 4) is 0 Å². The van der Waals surface area contributed by atoms with Gasteiger partial charge in [-0.25, -0.2) is 0 Å². The fourth-order valence-corrected chi connectivity index (χ4v) is 2.80. The van der Waals surface area contributed by atoms with Crippen LogP contribution in [-0.4, -0.2) is 43.4 Å². The number of rotatable bonds is 8. The Hall–Kier alpha value is -0.650. The molecule has 1 amide bonds. The number of amides is 1. The summed E-state index contributed by atoms with van der Waals surface area (Å²) in [6.07, 6.45) is 3.46. The van der Waals surface area contributed by atoms with Crippen LogP contribution in [0.25, 0.3) is 0 Å². The van der Waals surface area contributed by atoms with Crippen LogP contribution in [0.15, 0.2) is 0 Å². The molecule has 1 heterocycles. The third-order valence-electron chi connectivity index (χ3n) is 3.98. The molecule has 0 aliphatic carbocycles. The third kappa shape index (κ3) is 6.20. The lowest BCUT2D eigenvalue weighted by Crippen LogP contribution is -2.48. The molecule has 1 aliphatic rings. The molecule has 0 aromatic carbocycles. The number of nitrogens with two attached hydrogens (primary N) is 1. The molecular formula is C15H30N2O3. The van der Waals surface area contributed by atoms with Gasteiger partial charge < -0.3 is 20.9 Å². The molecule has 2 atom stereocenters. The van der Waals surface area contributed by atoms with E-state index < -0.39 is 6.04 Å². The van der Waals surface area contributed by atoms with Gasteiger partial charge in [0, 0.05) is 26.4 Å². The average Bonchev–Trinajstić information content (AvgIpc) is 2.44. The molecule has 4 N–H and O–H groups in total. The molecule has 118 valence electrons. The van der Waals surface area contributed by atoms with E-state index >= 15 is 0 Å². The molecule has 0 bridgehead atoms. The summed E-state index contributed by atoms with van der Waals surface area (Å²) in [5.41, 5.74) is 6.04. The van der Waals surface area contributed by atoms with Crippen molar-refractivity contribution in [1.29, 1.82) is 0 Å². The second-order valence-electron chi connectivity index (χ2n) is 6.23. The van der Waals surface area contributed by atoms with Gasteiger partial charge in [0.2, 0.25) is 5.91 Å². The molecule has 0 saturated carbocycles. The fraction of sp³-hybridized carbons (Fsp3) is 0.933. The molecule has 5 heteroatoms. The molecule has 20 heavy (non-hydrogen) atoms. The van der Waals surface area contributed by atoms with Crippen LogP contribution in [0.5, 0.6) is 0 Å². The van der Waals surface area contributed by atoms with Crippen LogP contribution in [0, 0.1) is 17.8 Å². The lowest BCUT2D eigenvalue weighted by atomic mass is 9.91. The summed E-state index contributed by atoms with van der Waals surface area (Å²) in [7, 11) is 0. The average molecular weight is 286 g/mol. The van der Waals surface area contributed by atoms with Gasteiger partial charge in [-0.05, 0) is 43.4 Å². The predicted molar refractivity (Wildman–Crippen MR) is 79.2 cm³/mol. The molecule has 1 rings (SSSR count). The normalized spacial score (nSPS) is 19.9. The maximum Gasteiger partial charge on any atom is 0.237 e. The Labute approximate surface area is 122 Å². The topological polar surface area (TPSA) is 84.6 Å². The predicted octanol–water partition coefficient (Wildman–Crippen LogP) is 0.901. The number of carbonyl (C=O) groups excluding carboxylic acids is 1. The smallest absolute Gasteiger partial charge is 0.237 e. The Morgan fingerprint density at radius 1 is 1.40 bits per heavy atom. The molecule has 0 aromatic heterocycles. The monoisotopic (exact) mass is 286 g/mol. The molecular weight excluding hydrogens is 256 g/mol. The van der Waals surface area contributed by atoms with Gasteiger partial charge in [0.05, 0.1) is 6.04 Å². The molecule has 0 radical (unpaired) electrons. The van der Waals surface area contributed by atoms with Gasteiger partial charge >= 0.3 is 0 Å².